The second-order valence-corrected chi connectivity index (χ2v) is 6.08. The molecule has 0 bridgehead atoms. The van der Waals surface area contributed by atoms with Gasteiger partial charge in [-0.3, -0.25) is 9.59 Å². The van der Waals surface area contributed by atoms with Gasteiger partial charge in [0.1, 0.15) is 11.5 Å². The second-order valence-electron chi connectivity index (χ2n) is 6.08. The number of nitrogens with two attached hydrogens (primary N) is 1. The number of hydrogen-bond acceptors (Lipinski definition) is 5. The van der Waals surface area contributed by atoms with Gasteiger partial charge in [0.2, 0.25) is 11.8 Å². The topological polar surface area (TPSA) is 93.9 Å². The highest BCUT2D eigenvalue weighted by Crippen LogP contribution is 2.29. The molecule has 1 aliphatic rings. The Hall–Kier alpha value is -2.28. The minimum absolute atomic E-state index is 0.0286. The fourth-order valence-electron chi connectivity index (χ4n) is 3.12. The van der Waals surface area contributed by atoms with E-state index in [1.54, 1.807) is 19.1 Å². The number of benzene rings is 1. The maximum Gasteiger partial charge on any atom is 0.227 e. The van der Waals surface area contributed by atoms with Crippen LogP contribution in [-0.4, -0.2) is 57.1 Å². The Morgan fingerprint density at radius 1 is 1.28 bits per heavy atom. The summed E-state index contributed by atoms with van der Waals surface area (Å²) in [6.07, 6.45) is 1.79. The van der Waals surface area contributed by atoms with Crippen molar-refractivity contribution in [2.45, 2.75) is 19.3 Å². The number of nitrogens with one attached hydrogen (secondary N) is 1. The highest BCUT2D eigenvalue weighted by Gasteiger charge is 2.29. The molecule has 0 aliphatic carbocycles. The Kier molecular flexibility index (Phi) is 7.06. The highest BCUT2D eigenvalue weighted by atomic mass is 16.5. The highest BCUT2D eigenvalue weighted by molar-refractivity contribution is 5.83. The van der Waals surface area contributed by atoms with Crippen molar-refractivity contribution >= 4 is 11.8 Å². The summed E-state index contributed by atoms with van der Waals surface area (Å²) in [6, 6.07) is 5.44. The van der Waals surface area contributed by atoms with Gasteiger partial charge in [-0.2, -0.15) is 0 Å². The van der Waals surface area contributed by atoms with Crippen LogP contribution < -0.4 is 20.5 Å². The zero-order valence-electron chi connectivity index (χ0n) is 14.9. The number of likely N-dealkylation sites (tertiary alicyclic amines) is 1. The van der Waals surface area contributed by atoms with Gasteiger partial charge in [0.25, 0.3) is 0 Å². The van der Waals surface area contributed by atoms with Gasteiger partial charge in [0, 0.05) is 31.7 Å². The summed E-state index contributed by atoms with van der Waals surface area (Å²) in [7, 11) is 3.14. The van der Waals surface area contributed by atoms with Gasteiger partial charge in [0.15, 0.2) is 0 Å². The predicted octanol–water partition coefficient (Wildman–Crippen LogP) is 0.560. The number of carbonyl (C=O) groups excluding carboxylic acids is 2. The van der Waals surface area contributed by atoms with E-state index in [0.29, 0.717) is 37.7 Å². The maximum absolute atomic E-state index is 12.7. The van der Waals surface area contributed by atoms with Gasteiger partial charge >= 0.3 is 0 Å². The molecule has 7 nitrogen and oxygen atoms in total. The van der Waals surface area contributed by atoms with Gasteiger partial charge in [0.05, 0.1) is 26.6 Å². The van der Waals surface area contributed by atoms with E-state index in [2.05, 4.69) is 5.32 Å². The van der Waals surface area contributed by atoms with Crippen molar-refractivity contribution < 1.29 is 19.1 Å². The molecule has 1 saturated heterocycles. The van der Waals surface area contributed by atoms with E-state index < -0.39 is 0 Å². The first kappa shape index (κ1) is 19.1. The molecule has 2 rings (SSSR count). The van der Waals surface area contributed by atoms with Gasteiger partial charge < -0.3 is 25.4 Å². The average Bonchev–Trinajstić information content (AvgIpc) is 2.66. The second kappa shape index (κ2) is 9.27. The van der Waals surface area contributed by atoms with Crippen molar-refractivity contribution in [3.63, 3.8) is 0 Å². The third kappa shape index (κ3) is 4.85. The Morgan fingerprint density at radius 3 is 2.56 bits per heavy atom. The predicted molar refractivity (Wildman–Crippen MR) is 94.6 cm³/mol. The third-order valence-corrected chi connectivity index (χ3v) is 4.45. The number of amides is 2. The smallest absolute Gasteiger partial charge is 0.227 e. The number of ether oxygens (including phenoxy) is 2. The molecule has 3 N–H and O–H groups in total. The van der Waals surface area contributed by atoms with Crippen molar-refractivity contribution in [3.8, 4) is 11.5 Å². The van der Waals surface area contributed by atoms with Gasteiger partial charge in [-0.25, -0.2) is 0 Å². The van der Waals surface area contributed by atoms with Gasteiger partial charge in [-0.1, -0.05) is 6.07 Å². The zero-order chi connectivity index (χ0) is 18.2. The fraction of sp³-hybridized carbons (Fsp3) is 0.556. The Morgan fingerprint density at radius 2 is 1.96 bits per heavy atom. The largest absolute Gasteiger partial charge is 0.496 e. The molecule has 1 aromatic rings. The first-order valence-corrected chi connectivity index (χ1v) is 8.56. The van der Waals surface area contributed by atoms with Crippen LogP contribution in [0.5, 0.6) is 11.5 Å². The summed E-state index contributed by atoms with van der Waals surface area (Å²) in [5, 5.41) is 2.81. The van der Waals surface area contributed by atoms with Crippen LogP contribution in [-0.2, 0) is 16.0 Å². The first-order chi connectivity index (χ1) is 12.1. The fourth-order valence-corrected chi connectivity index (χ4v) is 3.12. The summed E-state index contributed by atoms with van der Waals surface area (Å²) in [5.41, 5.74) is 6.15. The van der Waals surface area contributed by atoms with Crippen LogP contribution in [0.15, 0.2) is 18.2 Å². The standard InChI is InChI=1S/C18H27N3O4/c1-24-15-6-3-7-16(25-2)14(15)11-17(22)21-10-4-5-13(12-21)18(23)20-9-8-19/h3,6-7,13H,4-5,8-12,19H2,1-2H3,(H,20,23). The molecule has 0 radical (unpaired) electrons. The lowest BCUT2D eigenvalue weighted by atomic mass is 9.96. The van der Waals surface area contributed by atoms with E-state index in [0.717, 1.165) is 18.4 Å². The molecular formula is C18H27N3O4. The first-order valence-electron chi connectivity index (χ1n) is 8.56. The zero-order valence-corrected chi connectivity index (χ0v) is 14.9. The monoisotopic (exact) mass is 349 g/mol. The van der Waals surface area contributed by atoms with Crippen molar-refractivity contribution in [1.29, 1.82) is 0 Å². The van der Waals surface area contributed by atoms with Gasteiger partial charge in [-0.05, 0) is 25.0 Å². The Labute approximate surface area is 148 Å². The molecule has 0 spiro atoms. The third-order valence-electron chi connectivity index (χ3n) is 4.45. The summed E-state index contributed by atoms with van der Waals surface area (Å²) < 4.78 is 10.7. The van der Waals surface area contributed by atoms with E-state index in [1.165, 1.54) is 0 Å². The molecule has 1 fully saturated rings. The van der Waals surface area contributed by atoms with Crippen LogP contribution in [0.3, 0.4) is 0 Å². The van der Waals surface area contributed by atoms with Crippen molar-refractivity contribution in [2.75, 3.05) is 40.4 Å². The van der Waals surface area contributed by atoms with Crippen LogP contribution in [0.2, 0.25) is 0 Å². The lowest BCUT2D eigenvalue weighted by molar-refractivity contribution is -0.135. The van der Waals surface area contributed by atoms with Gasteiger partial charge in [-0.15, -0.1) is 0 Å². The van der Waals surface area contributed by atoms with E-state index in [4.69, 9.17) is 15.2 Å². The molecule has 1 unspecified atom stereocenters. The minimum Gasteiger partial charge on any atom is -0.496 e. The lowest BCUT2D eigenvalue weighted by Crippen LogP contribution is -2.46. The Balaban J connectivity index is 2.04. The minimum atomic E-state index is -0.177. The van der Waals surface area contributed by atoms with Crippen LogP contribution in [0.25, 0.3) is 0 Å². The summed E-state index contributed by atoms with van der Waals surface area (Å²) in [6.45, 7) is 1.97. The van der Waals surface area contributed by atoms with E-state index in [-0.39, 0.29) is 24.2 Å². The van der Waals surface area contributed by atoms with Crippen molar-refractivity contribution in [3.05, 3.63) is 23.8 Å². The Bertz CT molecular complexity index is 584. The number of hydrogen-bond donors (Lipinski definition) is 2. The van der Waals surface area contributed by atoms with Crippen molar-refractivity contribution in [1.82, 2.24) is 10.2 Å². The SMILES string of the molecule is COc1cccc(OC)c1CC(=O)N1CCCC(C(=O)NCCN)C1. The van der Waals surface area contributed by atoms with Crippen molar-refractivity contribution in [2.24, 2.45) is 11.7 Å². The lowest BCUT2D eigenvalue weighted by Gasteiger charge is -2.32. The molecule has 7 heteroatoms. The maximum atomic E-state index is 12.7. The summed E-state index contributed by atoms with van der Waals surface area (Å²) >= 11 is 0. The van der Waals surface area contributed by atoms with Crippen LogP contribution in [0, 0.1) is 5.92 Å². The van der Waals surface area contributed by atoms with E-state index in [9.17, 15) is 9.59 Å². The molecule has 1 heterocycles. The number of rotatable bonds is 7. The molecule has 138 valence electrons. The number of piperidine rings is 1. The molecule has 1 aliphatic heterocycles. The van der Waals surface area contributed by atoms with Crippen LogP contribution in [0.1, 0.15) is 18.4 Å². The molecule has 25 heavy (non-hydrogen) atoms. The quantitative estimate of drug-likeness (QED) is 0.750. The average molecular weight is 349 g/mol. The summed E-state index contributed by atoms with van der Waals surface area (Å²) in [4.78, 5) is 26.6. The number of carbonyl (C=O) groups is 2. The van der Waals surface area contributed by atoms with E-state index in [1.807, 2.05) is 18.2 Å². The molecular weight excluding hydrogens is 322 g/mol. The number of nitrogens with zero attached hydrogens (tertiary/aromatic N) is 1. The van der Waals surface area contributed by atoms with Crippen LogP contribution in [0.4, 0.5) is 0 Å². The van der Waals surface area contributed by atoms with E-state index >= 15 is 0 Å². The summed E-state index contributed by atoms with van der Waals surface area (Å²) in [5.74, 6) is 1.02. The normalized spacial score (nSPS) is 17.1. The van der Waals surface area contributed by atoms with Crippen LogP contribution >= 0.6 is 0 Å². The molecule has 1 atom stereocenters. The molecule has 0 aromatic heterocycles. The molecule has 0 saturated carbocycles. The number of methoxy groups -OCH3 is 2. The molecule has 1 aromatic carbocycles. The molecule has 2 amide bonds.